The maximum Gasteiger partial charge on any atom is 0.318 e. The Labute approximate surface area is 88.5 Å². The molecule has 1 saturated heterocycles. The van der Waals surface area contributed by atoms with E-state index in [4.69, 9.17) is 4.74 Å². The van der Waals surface area contributed by atoms with Crippen LogP contribution >= 0.6 is 0 Å². The van der Waals surface area contributed by atoms with Gasteiger partial charge in [0.25, 0.3) is 0 Å². The highest BCUT2D eigenvalue weighted by Gasteiger charge is 2.57. The second-order valence-corrected chi connectivity index (χ2v) is 4.95. The van der Waals surface area contributed by atoms with Gasteiger partial charge in [-0.2, -0.15) is 0 Å². The number of ether oxygens (including phenoxy) is 1. The predicted octanol–water partition coefficient (Wildman–Crippen LogP) is 1.68. The van der Waals surface area contributed by atoms with Crippen molar-refractivity contribution >= 4 is 11.9 Å². The average Bonchev–Trinajstić information content (AvgIpc) is 2.51. The van der Waals surface area contributed by atoms with Crippen LogP contribution in [0.2, 0.25) is 0 Å². The highest BCUT2D eigenvalue weighted by Crippen LogP contribution is 2.54. The van der Waals surface area contributed by atoms with Crippen LogP contribution in [0.3, 0.4) is 0 Å². The van der Waals surface area contributed by atoms with Crippen molar-refractivity contribution in [3.8, 4) is 0 Å². The maximum absolute atomic E-state index is 11.6. The Hall–Kier alpha value is -1.12. The molecule has 3 heteroatoms. The Morgan fingerprint density at radius 2 is 1.33 bits per heavy atom. The summed E-state index contributed by atoms with van der Waals surface area (Å²) in [6, 6.07) is 0. The number of cyclic esters (lactones) is 2. The Kier molecular flexibility index (Phi) is 1.65. The Morgan fingerprint density at radius 1 is 0.933 bits per heavy atom. The molecule has 4 aliphatic rings. The lowest BCUT2D eigenvalue weighted by Crippen LogP contribution is -2.42. The van der Waals surface area contributed by atoms with E-state index in [2.05, 4.69) is 13.8 Å². The van der Waals surface area contributed by atoms with E-state index in [0.717, 1.165) is 12.8 Å². The van der Waals surface area contributed by atoms with E-state index < -0.39 is 0 Å². The third kappa shape index (κ3) is 0.959. The number of carbonyl (C=O) groups excluding carboxylic acids is 2. The number of fused-ring (bicyclic) bond motifs is 1. The van der Waals surface area contributed by atoms with Gasteiger partial charge in [-0.3, -0.25) is 9.59 Å². The van der Waals surface area contributed by atoms with Crippen molar-refractivity contribution in [3.63, 3.8) is 0 Å². The van der Waals surface area contributed by atoms with Crippen molar-refractivity contribution < 1.29 is 14.3 Å². The fraction of sp³-hybridized carbons (Fsp3) is 0.667. The quantitative estimate of drug-likeness (QED) is 0.344. The molecule has 1 aliphatic heterocycles. The van der Waals surface area contributed by atoms with Crippen LogP contribution in [0.15, 0.2) is 11.1 Å². The molecule has 0 aromatic rings. The molecule has 80 valence electrons. The summed E-state index contributed by atoms with van der Waals surface area (Å²) in [6.07, 6.45) is 2.08. The maximum atomic E-state index is 11.6. The molecule has 0 spiro atoms. The normalized spacial score (nSPS) is 43.3. The summed E-state index contributed by atoms with van der Waals surface area (Å²) in [4.78, 5) is 23.2. The molecule has 2 bridgehead atoms. The van der Waals surface area contributed by atoms with Crippen LogP contribution in [0.5, 0.6) is 0 Å². The summed E-state index contributed by atoms with van der Waals surface area (Å²) in [5, 5.41) is 0. The molecule has 3 aliphatic carbocycles. The van der Waals surface area contributed by atoms with Gasteiger partial charge >= 0.3 is 11.9 Å². The second-order valence-electron chi connectivity index (χ2n) is 4.95. The van der Waals surface area contributed by atoms with Crippen molar-refractivity contribution in [2.24, 2.45) is 23.7 Å². The van der Waals surface area contributed by atoms with E-state index in [9.17, 15) is 9.59 Å². The van der Waals surface area contributed by atoms with Gasteiger partial charge in [0.2, 0.25) is 0 Å². The minimum Gasteiger partial charge on any atom is -0.393 e. The molecule has 15 heavy (non-hydrogen) atoms. The molecule has 3 nitrogen and oxygen atoms in total. The third-order valence-electron chi connectivity index (χ3n) is 4.52. The van der Waals surface area contributed by atoms with E-state index in [1.165, 1.54) is 11.1 Å². The zero-order chi connectivity index (χ0) is 10.7. The van der Waals surface area contributed by atoms with Gasteiger partial charge < -0.3 is 4.74 Å². The summed E-state index contributed by atoms with van der Waals surface area (Å²) in [5.41, 5.74) is 2.64. The van der Waals surface area contributed by atoms with Gasteiger partial charge in [-0.25, -0.2) is 0 Å². The van der Waals surface area contributed by atoms with E-state index in [1.807, 2.05) is 0 Å². The van der Waals surface area contributed by atoms with Crippen LogP contribution in [0.1, 0.15) is 26.7 Å². The first kappa shape index (κ1) is 9.13. The number of hydrogen-bond acceptors (Lipinski definition) is 3. The molecule has 0 aromatic heterocycles. The van der Waals surface area contributed by atoms with Crippen molar-refractivity contribution in [2.45, 2.75) is 26.7 Å². The standard InChI is InChI=1S/C12H14O3/c1-5-6(2)8-4-3-7(5)9-10(8)12(14)15-11(9)13/h7-10H,3-4H2,1-2H3. The van der Waals surface area contributed by atoms with E-state index >= 15 is 0 Å². The number of carbonyl (C=O) groups is 2. The van der Waals surface area contributed by atoms with Crippen LogP contribution in [0.4, 0.5) is 0 Å². The lowest BCUT2D eigenvalue weighted by Gasteiger charge is -2.43. The smallest absolute Gasteiger partial charge is 0.318 e. The zero-order valence-corrected chi connectivity index (χ0v) is 8.95. The molecule has 0 amide bonds. The number of allylic oxidation sites excluding steroid dienone is 2. The van der Waals surface area contributed by atoms with Crippen molar-refractivity contribution in [1.29, 1.82) is 0 Å². The fourth-order valence-corrected chi connectivity index (χ4v) is 3.63. The highest BCUT2D eigenvalue weighted by atomic mass is 16.6. The molecule has 0 aromatic carbocycles. The third-order valence-corrected chi connectivity index (χ3v) is 4.52. The molecule has 0 N–H and O–H groups in total. The van der Waals surface area contributed by atoms with Gasteiger partial charge in [0.15, 0.2) is 0 Å². The summed E-state index contributed by atoms with van der Waals surface area (Å²) in [6.45, 7) is 4.19. The molecule has 4 unspecified atom stereocenters. The van der Waals surface area contributed by atoms with Crippen LogP contribution in [0, 0.1) is 23.7 Å². The minimum atomic E-state index is -0.286. The lowest BCUT2D eigenvalue weighted by atomic mass is 9.57. The molecule has 1 heterocycles. The lowest BCUT2D eigenvalue weighted by molar-refractivity contribution is -0.154. The number of esters is 2. The van der Waals surface area contributed by atoms with Gasteiger partial charge in [-0.1, -0.05) is 11.1 Å². The van der Waals surface area contributed by atoms with Gasteiger partial charge in [-0.15, -0.1) is 0 Å². The summed E-state index contributed by atoms with van der Waals surface area (Å²) in [7, 11) is 0. The molecule has 2 fully saturated rings. The van der Waals surface area contributed by atoms with Crippen molar-refractivity contribution in [3.05, 3.63) is 11.1 Å². The average molecular weight is 206 g/mol. The molecular formula is C12H14O3. The van der Waals surface area contributed by atoms with E-state index in [0.29, 0.717) is 0 Å². The zero-order valence-electron chi connectivity index (χ0n) is 8.95. The predicted molar refractivity (Wildman–Crippen MR) is 52.7 cm³/mol. The van der Waals surface area contributed by atoms with E-state index in [1.54, 1.807) is 0 Å². The van der Waals surface area contributed by atoms with E-state index in [-0.39, 0.29) is 35.6 Å². The van der Waals surface area contributed by atoms with Crippen LogP contribution < -0.4 is 0 Å². The Morgan fingerprint density at radius 3 is 1.73 bits per heavy atom. The fourth-order valence-electron chi connectivity index (χ4n) is 3.63. The van der Waals surface area contributed by atoms with Gasteiger partial charge in [0, 0.05) is 0 Å². The molecule has 4 atom stereocenters. The van der Waals surface area contributed by atoms with Crippen LogP contribution in [-0.2, 0) is 14.3 Å². The minimum absolute atomic E-state index is 0.167. The molecule has 4 rings (SSSR count). The number of hydrogen-bond donors (Lipinski definition) is 0. The molecule has 0 radical (unpaired) electrons. The van der Waals surface area contributed by atoms with Crippen molar-refractivity contribution in [1.82, 2.24) is 0 Å². The summed E-state index contributed by atoms with van der Waals surface area (Å²) < 4.78 is 4.78. The first-order chi connectivity index (χ1) is 7.11. The topological polar surface area (TPSA) is 43.4 Å². The summed E-state index contributed by atoms with van der Waals surface area (Å²) in [5.74, 6) is -0.379. The Bertz CT molecular complexity index is 358. The highest BCUT2D eigenvalue weighted by molar-refractivity contribution is 5.97. The van der Waals surface area contributed by atoms with Gasteiger partial charge in [0.05, 0.1) is 11.8 Å². The first-order valence-electron chi connectivity index (χ1n) is 5.54. The first-order valence-corrected chi connectivity index (χ1v) is 5.54. The largest absolute Gasteiger partial charge is 0.393 e. The Balaban J connectivity index is 2.12. The SMILES string of the molecule is CC1=C(C)C2CCC1C1C(=O)OC(=O)C21. The second kappa shape index (κ2) is 2.71. The van der Waals surface area contributed by atoms with Crippen LogP contribution in [0.25, 0.3) is 0 Å². The van der Waals surface area contributed by atoms with Crippen LogP contribution in [-0.4, -0.2) is 11.9 Å². The van der Waals surface area contributed by atoms with Crippen molar-refractivity contribution in [2.75, 3.05) is 0 Å². The summed E-state index contributed by atoms with van der Waals surface area (Å²) >= 11 is 0. The molecule has 1 saturated carbocycles. The monoisotopic (exact) mass is 206 g/mol. The van der Waals surface area contributed by atoms with Gasteiger partial charge in [-0.05, 0) is 38.5 Å². The molecular weight excluding hydrogens is 192 g/mol. The van der Waals surface area contributed by atoms with Gasteiger partial charge in [0.1, 0.15) is 0 Å². The number of rotatable bonds is 0.